The van der Waals surface area contributed by atoms with Crippen LogP contribution in [-0.2, 0) is 4.57 Å². The summed E-state index contributed by atoms with van der Waals surface area (Å²) in [4.78, 5) is 8.53. The van der Waals surface area contributed by atoms with E-state index in [0.717, 1.165) is 0 Å². The number of hydrogen-bond acceptors (Lipinski definition) is 3. The van der Waals surface area contributed by atoms with Crippen LogP contribution in [0, 0.1) is 0 Å². The van der Waals surface area contributed by atoms with Crippen LogP contribution in [-0.4, -0.2) is 10.00 Å². The van der Waals surface area contributed by atoms with Gasteiger partial charge in [-0.1, -0.05) is 30.3 Å². The van der Waals surface area contributed by atoms with Crippen LogP contribution in [0.3, 0.4) is 0 Å². The van der Waals surface area contributed by atoms with E-state index in [1.54, 1.807) is 30.3 Å². The van der Waals surface area contributed by atoms with Crippen molar-refractivity contribution in [2.75, 3.05) is 0 Å². The summed E-state index contributed by atoms with van der Waals surface area (Å²) < 4.78 is 10.4. The second-order valence-electron chi connectivity index (χ2n) is 2.09. The first-order valence-corrected chi connectivity index (χ1v) is 4.38. The number of rotatable bonds is 2. The van der Waals surface area contributed by atoms with E-state index in [0.29, 0.717) is 5.56 Å². The Labute approximate surface area is 101 Å². The number of aliphatic hydroxyl groups is 1. The summed E-state index contributed by atoms with van der Waals surface area (Å²) in [5.74, 6) is -1.26. The Morgan fingerprint density at radius 1 is 1.31 bits per heavy atom. The van der Waals surface area contributed by atoms with Crippen molar-refractivity contribution in [3.8, 4) is 0 Å². The van der Waals surface area contributed by atoms with Gasteiger partial charge in [0.2, 0.25) is 0 Å². The minimum Gasteiger partial charge on any atom is -0.345 e. The van der Waals surface area contributed by atoms with Crippen molar-refractivity contribution < 1.29 is 45.5 Å². The molecule has 1 rings (SSSR count). The maximum atomic E-state index is 10.4. The summed E-state index contributed by atoms with van der Waals surface area (Å²) in [5, 5.41) is 9.06. The normalized spacial score (nSPS) is 12.0. The maximum absolute atomic E-state index is 10.4. The minimum absolute atomic E-state index is 0. The Balaban J connectivity index is -0.000000403. The van der Waals surface area contributed by atoms with Crippen LogP contribution in [0.5, 0.6) is 0 Å². The molecule has 0 aromatic heterocycles. The van der Waals surface area contributed by atoms with E-state index >= 15 is 0 Å². The molecule has 13 heavy (non-hydrogen) atoms. The van der Waals surface area contributed by atoms with Crippen LogP contribution in [0.2, 0.25) is 0 Å². The van der Waals surface area contributed by atoms with Gasteiger partial charge < -0.3 is 11.3 Å². The molecule has 0 spiro atoms. The summed E-state index contributed by atoms with van der Waals surface area (Å²) >= 11 is 0. The fourth-order valence-electron chi connectivity index (χ4n) is 0.753. The quantitative estimate of drug-likeness (QED) is 0.419. The molecule has 0 bridgehead atoms. The molecule has 66 valence electrons. The Hall–Kier alpha value is 0.200. The van der Waals surface area contributed by atoms with Gasteiger partial charge in [-0.15, -0.1) is 0 Å². The molecule has 0 heterocycles. The smallest absolute Gasteiger partial charge is 0.345 e. The summed E-state index contributed by atoms with van der Waals surface area (Å²) in [6.07, 6.45) is 0. The molecular weight excluding hydrogens is 200 g/mol. The Bertz CT molecular complexity index is 262. The molecule has 0 aliphatic carbocycles. The predicted molar refractivity (Wildman–Crippen MR) is 47.4 cm³/mol. The van der Waals surface area contributed by atoms with Crippen LogP contribution in [0.1, 0.15) is 12.8 Å². The van der Waals surface area contributed by atoms with Crippen molar-refractivity contribution >= 4 is 8.03 Å². The van der Waals surface area contributed by atoms with Gasteiger partial charge in [0.15, 0.2) is 0 Å². The first-order chi connectivity index (χ1) is 5.22. The van der Waals surface area contributed by atoms with Crippen LogP contribution in [0.15, 0.2) is 30.3 Å². The molecule has 2 unspecified atom stereocenters. The number of benzene rings is 1. The number of hydrogen-bond donors (Lipinski definition) is 3. The largest absolute Gasteiger partial charge is 1.00 e. The molecular formula is C7H12NNaO3P+3. The monoisotopic (exact) mass is 212 g/mol. The molecule has 2 atom stereocenters. The van der Waals surface area contributed by atoms with E-state index in [4.69, 9.17) is 10.00 Å². The van der Waals surface area contributed by atoms with Gasteiger partial charge in [0, 0.05) is 5.56 Å². The van der Waals surface area contributed by atoms with Crippen LogP contribution >= 0.6 is 8.03 Å². The summed E-state index contributed by atoms with van der Waals surface area (Å²) in [6, 6.07) is 8.40. The van der Waals surface area contributed by atoms with Crippen LogP contribution in [0.25, 0.3) is 0 Å². The third kappa shape index (κ3) is 4.84. The average Bonchev–Trinajstić information content (AvgIpc) is 2.05. The summed E-state index contributed by atoms with van der Waals surface area (Å²) in [7, 11) is -2.53. The molecule has 5 N–H and O–H groups in total. The predicted octanol–water partition coefficient (Wildman–Crippen LogP) is -1.31. The summed E-state index contributed by atoms with van der Waals surface area (Å²) in [6.45, 7) is 0. The third-order valence-corrected chi connectivity index (χ3v) is 2.02. The fraction of sp³-hybridized carbons (Fsp3) is 0.143. The Kier molecular flexibility index (Phi) is 9.14. The molecule has 0 saturated heterocycles. The van der Waals surface area contributed by atoms with Crippen molar-refractivity contribution in [3.05, 3.63) is 35.9 Å². The van der Waals surface area contributed by atoms with E-state index in [9.17, 15) is 4.57 Å². The van der Waals surface area contributed by atoms with Gasteiger partial charge in [0.25, 0.3) is 0 Å². The van der Waals surface area contributed by atoms with Crippen molar-refractivity contribution in [1.29, 1.82) is 0 Å². The van der Waals surface area contributed by atoms with Gasteiger partial charge in [-0.2, -0.15) is 4.89 Å². The van der Waals surface area contributed by atoms with E-state index in [1.165, 1.54) is 0 Å². The molecule has 0 saturated carbocycles. The van der Waals surface area contributed by atoms with Crippen molar-refractivity contribution in [1.82, 2.24) is 6.15 Å². The Morgan fingerprint density at radius 2 is 1.77 bits per heavy atom. The minimum atomic E-state index is -2.53. The van der Waals surface area contributed by atoms with E-state index in [1.807, 2.05) is 0 Å². The molecule has 0 aliphatic heterocycles. The van der Waals surface area contributed by atoms with E-state index < -0.39 is 13.9 Å². The van der Waals surface area contributed by atoms with Crippen LogP contribution in [0.4, 0.5) is 0 Å². The van der Waals surface area contributed by atoms with E-state index in [-0.39, 0.29) is 37.1 Å². The zero-order valence-corrected chi connectivity index (χ0v) is 10.3. The van der Waals surface area contributed by atoms with Crippen LogP contribution < -0.4 is 35.7 Å². The summed E-state index contributed by atoms with van der Waals surface area (Å²) in [5.41, 5.74) is 0.469. The fourth-order valence-corrected chi connectivity index (χ4v) is 1.18. The Morgan fingerprint density at radius 3 is 2.15 bits per heavy atom. The third-order valence-electron chi connectivity index (χ3n) is 1.31. The zero-order valence-electron chi connectivity index (χ0n) is 8.42. The standard InChI is InChI=1S/C7H7O3P.H3N.Na/c8-7(11(9)10)6-4-2-1-3-5-6;;/h1-5,7-8H;1H3;/q;;+1/p+2. The number of aliphatic hydroxyl groups excluding tert-OH is 1. The van der Waals surface area contributed by atoms with Gasteiger partial charge in [-0.25, -0.2) is 0 Å². The molecule has 0 fully saturated rings. The average molecular weight is 212 g/mol. The first kappa shape index (κ1) is 15.7. The maximum Gasteiger partial charge on any atom is 1.00 e. The molecule has 0 amide bonds. The van der Waals surface area contributed by atoms with Gasteiger partial charge in [0.1, 0.15) is 0 Å². The first-order valence-electron chi connectivity index (χ1n) is 3.10. The van der Waals surface area contributed by atoms with Gasteiger partial charge in [0.05, 0.1) is 0 Å². The molecule has 0 aliphatic rings. The van der Waals surface area contributed by atoms with Gasteiger partial charge in [-0.3, -0.25) is 0 Å². The topological polar surface area (TPSA) is 92.5 Å². The van der Waals surface area contributed by atoms with Gasteiger partial charge in [-0.05, 0) is 4.57 Å². The second kappa shape index (κ2) is 7.59. The zero-order chi connectivity index (χ0) is 8.27. The van der Waals surface area contributed by atoms with Crippen molar-refractivity contribution in [3.63, 3.8) is 0 Å². The second-order valence-corrected chi connectivity index (χ2v) is 3.18. The SMILES string of the molecule is N.O=[P+](O)C(O)c1ccccc1.[H+].[Na+]. The van der Waals surface area contributed by atoms with Crippen molar-refractivity contribution in [2.24, 2.45) is 0 Å². The molecule has 1 aromatic carbocycles. The molecule has 6 heteroatoms. The van der Waals surface area contributed by atoms with Crippen molar-refractivity contribution in [2.45, 2.75) is 5.85 Å². The molecule has 1 aromatic rings. The molecule has 0 radical (unpaired) electrons. The molecule has 4 nitrogen and oxygen atoms in total. The van der Waals surface area contributed by atoms with Gasteiger partial charge >= 0.3 is 44.9 Å². The van der Waals surface area contributed by atoms with E-state index in [2.05, 4.69) is 0 Å².